The number of imidazole rings is 1. The van der Waals surface area contributed by atoms with Crippen molar-refractivity contribution in [3.05, 3.63) is 144 Å². The quantitative estimate of drug-likeness (QED) is 0.118. The van der Waals surface area contributed by atoms with Crippen LogP contribution in [0.4, 0.5) is 0 Å². The molecule has 7 heteroatoms. The Balaban J connectivity index is 0.000000170. The van der Waals surface area contributed by atoms with Crippen molar-refractivity contribution in [3.8, 4) is 22.6 Å². The third kappa shape index (κ3) is 8.17. The fraction of sp³-hybridized carbons (Fsp3) is 0.255. The number of aryl methyl sites for hydroxylation is 1. The van der Waals surface area contributed by atoms with E-state index in [1.807, 2.05) is 61.5 Å². The Morgan fingerprint density at radius 1 is 0.796 bits per heavy atom. The fourth-order valence-electron chi connectivity index (χ4n) is 7.82. The molecule has 0 aliphatic heterocycles. The monoisotopic (exact) mass is 949 g/mol. The van der Waals surface area contributed by atoms with E-state index in [1.54, 1.807) is 9.96 Å². The summed E-state index contributed by atoms with van der Waals surface area (Å²) in [6, 6.07) is 44.0. The van der Waals surface area contributed by atoms with E-state index in [-0.39, 0.29) is 20.1 Å². The van der Waals surface area contributed by atoms with Gasteiger partial charge in [-0.15, -0.1) is 18.2 Å². The maximum Gasteiger partial charge on any atom is 0 e. The van der Waals surface area contributed by atoms with Gasteiger partial charge >= 0.3 is 144 Å². The Bertz CT molecular complexity index is 2500. The van der Waals surface area contributed by atoms with Crippen LogP contribution >= 0.6 is 0 Å². The van der Waals surface area contributed by atoms with Gasteiger partial charge in [-0.2, -0.15) is 0 Å². The molecule has 0 N–H and O–H groups in total. The van der Waals surface area contributed by atoms with Crippen molar-refractivity contribution in [3.63, 3.8) is 0 Å². The first kappa shape index (κ1) is 37.9. The minimum atomic E-state index is -1.89. The fourth-order valence-corrected chi connectivity index (χ4v) is 11.2. The molecule has 4 heterocycles. The smallest absolute Gasteiger partial charge is 0 e. The van der Waals surface area contributed by atoms with E-state index in [4.69, 9.17) is 14.4 Å². The van der Waals surface area contributed by atoms with Crippen molar-refractivity contribution in [1.29, 1.82) is 0 Å². The van der Waals surface area contributed by atoms with Crippen LogP contribution in [0.1, 0.15) is 48.9 Å². The summed E-state index contributed by atoms with van der Waals surface area (Å²) in [5.41, 5.74) is 10.3. The Hall–Kier alpha value is -4.36. The maximum absolute atomic E-state index is 6.22. The van der Waals surface area contributed by atoms with Gasteiger partial charge in [0.15, 0.2) is 0 Å². The first-order chi connectivity index (χ1) is 25.8. The van der Waals surface area contributed by atoms with Crippen LogP contribution in [0.3, 0.4) is 0 Å². The number of rotatable bonds is 7. The molecule has 0 saturated heterocycles. The summed E-state index contributed by atoms with van der Waals surface area (Å²) in [4.78, 5) is 14.3. The molecule has 1 aliphatic carbocycles. The molecule has 4 aromatic heterocycles. The van der Waals surface area contributed by atoms with Gasteiger partial charge < -0.3 is 8.98 Å². The molecule has 0 atom stereocenters. The third-order valence-electron chi connectivity index (χ3n) is 10.5. The molecule has 54 heavy (non-hydrogen) atoms. The summed E-state index contributed by atoms with van der Waals surface area (Å²) in [7, 11) is 0. The van der Waals surface area contributed by atoms with E-state index < -0.39 is 13.3 Å². The zero-order valence-corrected chi connectivity index (χ0v) is 36.0. The van der Waals surface area contributed by atoms with E-state index in [0.717, 1.165) is 68.2 Å². The normalized spacial score (nSPS) is 13.5. The topological polar surface area (TPSA) is 56.7 Å². The SMILES string of the molecule is Cc1ccc2c(n1)oc1c(-c3nc4ccccc4n3Cc3ccccc3)[c-]ccc12.[CH3][Ge]([CH3])([CH3])[c]1cnc(-c2[c-]cccc2)cc1CC1CCCCC1.[Ir]. The van der Waals surface area contributed by atoms with Gasteiger partial charge in [0.2, 0.25) is 5.71 Å². The number of furan rings is 1. The van der Waals surface area contributed by atoms with Gasteiger partial charge in [0, 0.05) is 37.7 Å². The van der Waals surface area contributed by atoms with E-state index in [1.165, 1.54) is 44.1 Å². The number of nitrogens with zero attached hydrogens (tertiary/aromatic N) is 4. The summed E-state index contributed by atoms with van der Waals surface area (Å²) < 4.78 is 10.1. The minimum absolute atomic E-state index is 0. The predicted molar refractivity (Wildman–Crippen MR) is 221 cm³/mol. The summed E-state index contributed by atoms with van der Waals surface area (Å²) in [6.07, 6.45) is 10.5. The van der Waals surface area contributed by atoms with Crippen LogP contribution in [-0.4, -0.2) is 32.8 Å². The largest absolute Gasteiger partial charge is 0 e. The number of para-hydroxylation sites is 2. The van der Waals surface area contributed by atoms with Crippen LogP contribution in [0, 0.1) is 25.0 Å². The number of pyridine rings is 2. The zero-order valence-electron chi connectivity index (χ0n) is 31.5. The summed E-state index contributed by atoms with van der Waals surface area (Å²) in [6.45, 7) is 2.69. The maximum atomic E-state index is 6.22. The molecule has 4 aromatic carbocycles. The van der Waals surface area contributed by atoms with Gasteiger partial charge in [0.1, 0.15) is 0 Å². The van der Waals surface area contributed by atoms with E-state index >= 15 is 0 Å². The first-order valence-corrected chi connectivity index (χ1v) is 26.3. The standard InChI is InChI=1S/C26H18N3O.C21H28GeN.Ir/c1-17-14-15-20-19-10-7-11-21(24(19)30-26(20)27-17)25-28-22-12-5-6-13-23(22)29(25)16-18-8-3-2-4-9-18;1-22(2,3)20-16-23-21(18-12-8-5-9-13-18)15-19(20)14-17-10-6-4-7-11-17;/h2-10,12-15H,16H2,1H3;5,8-9,12,15-17H,4,6-7,10-11,14H2,1-3H3;/q2*-1;. The Morgan fingerprint density at radius 3 is 2.35 bits per heavy atom. The van der Waals surface area contributed by atoms with E-state index in [9.17, 15) is 0 Å². The number of hydrogen-bond acceptors (Lipinski definition) is 4. The molecule has 5 nitrogen and oxygen atoms in total. The number of hydrogen-bond donors (Lipinski definition) is 0. The molecule has 0 bridgehead atoms. The average Bonchev–Trinajstić information content (AvgIpc) is 3.73. The van der Waals surface area contributed by atoms with Crippen molar-refractivity contribution in [2.45, 2.75) is 69.3 Å². The second kappa shape index (κ2) is 16.6. The summed E-state index contributed by atoms with van der Waals surface area (Å²) in [5, 5.41) is 2.04. The molecular weight excluding hydrogens is 901 g/mol. The molecule has 9 rings (SSSR count). The molecule has 0 amide bonds. The van der Waals surface area contributed by atoms with Gasteiger partial charge in [-0.05, 0) is 36.8 Å². The molecule has 1 radical (unpaired) electrons. The van der Waals surface area contributed by atoms with Gasteiger partial charge in [-0.25, -0.2) is 4.98 Å². The molecule has 275 valence electrons. The van der Waals surface area contributed by atoms with Gasteiger partial charge in [-0.1, -0.05) is 53.4 Å². The van der Waals surface area contributed by atoms with Crippen LogP contribution in [0.5, 0.6) is 0 Å². The van der Waals surface area contributed by atoms with Crippen molar-refractivity contribution >= 4 is 50.8 Å². The Labute approximate surface area is 335 Å². The van der Waals surface area contributed by atoms with E-state index in [0.29, 0.717) is 5.71 Å². The summed E-state index contributed by atoms with van der Waals surface area (Å²) >= 11 is -1.89. The van der Waals surface area contributed by atoms with Gasteiger partial charge in [0.25, 0.3) is 0 Å². The first-order valence-electron chi connectivity index (χ1n) is 19.0. The van der Waals surface area contributed by atoms with Crippen LogP contribution in [0.25, 0.3) is 55.7 Å². The molecule has 1 aliphatic rings. The second-order valence-corrected chi connectivity index (χ2v) is 26.0. The zero-order chi connectivity index (χ0) is 36.4. The number of fused-ring (bicyclic) bond motifs is 4. The Morgan fingerprint density at radius 2 is 1.57 bits per heavy atom. The second-order valence-electron chi connectivity index (χ2n) is 15.5. The van der Waals surface area contributed by atoms with Crippen molar-refractivity contribution < 1.29 is 24.5 Å². The van der Waals surface area contributed by atoms with Crippen molar-refractivity contribution in [2.24, 2.45) is 5.92 Å². The van der Waals surface area contributed by atoms with Crippen LogP contribution in [0.2, 0.25) is 17.3 Å². The molecular formula is C47H46GeIrN4O-2. The van der Waals surface area contributed by atoms with E-state index in [2.05, 4.69) is 99.7 Å². The summed E-state index contributed by atoms with van der Waals surface area (Å²) in [5.74, 6) is 9.17. The number of aromatic nitrogens is 4. The Kier molecular flexibility index (Phi) is 11.6. The molecule has 0 unspecified atom stereocenters. The molecule has 8 aromatic rings. The average molecular weight is 948 g/mol. The number of benzene rings is 4. The van der Waals surface area contributed by atoms with Crippen molar-refractivity contribution in [2.75, 3.05) is 0 Å². The van der Waals surface area contributed by atoms with Gasteiger partial charge in [-0.3, -0.25) is 4.98 Å². The molecule has 0 spiro atoms. The van der Waals surface area contributed by atoms with Crippen LogP contribution < -0.4 is 4.40 Å². The molecule has 1 saturated carbocycles. The van der Waals surface area contributed by atoms with Crippen LogP contribution in [-0.2, 0) is 33.1 Å². The van der Waals surface area contributed by atoms with Crippen LogP contribution in [0.15, 0.2) is 120 Å². The van der Waals surface area contributed by atoms with Gasteiger partial charge in [0.05, 0.1) is 22.4 Å². The third-order valence-corrected chi connectivity index (χ3v) is 14.9. The minimum Gasteiger partial charge on any atom is 0 e. The molecule has 1 fully saturated rings. The van der Waals surface area contributed by atoms with Crippen molar-refractivity contribution in [1.82, 2.24) is 19.5 Å². The predicted octanol–water partition coefficient (Wildman–Crippen LogP) is 11.4.